The number of aliphatic hydroxyl groups is 3. The number of aliphatic hydroxyl groups excluding tert-OH is 2. The fourth-order valence-electron chi connectivity index (χ4n) is 6.98. The van der Waals surface area contributed by atoms with Crippen molar-refractivity contribution in [1.82, 2.24) is 10.2 Å². The topological polar surface area (TPSA) is 200 Å². The van der Waals surface area contributed by atoms with E-state index in [0.717, 1.165) is 0 Å². The largest absolute Gasteiger partial charge is 0.510 e. The second-order valence-corrected chi connectivity index (χ2v) is 11.9. The molecule has 0 fully saturated rings. The molecule has 2 amide bonds. The lowest BCUT2D eigenvalue weighted by Gasteiger charge is -2.50. The summed E-state index contributed by atoms with van der Waals surface area (Å²) in [6, 6.07) is 6.13. The van der Waals surface area contributed by atoms with Crippen LogP contribution >= 0.6 is 0 Å². The monoisotopic (exact) mass is 659 g/mol. The first-order valence-electron chi connectivity index (χ1n) is 14.6. The average Bonchev–Trinajstić information content (AvgIpc) is 2.97. The van der Waals surface area contributed by atoms with E-state index < -0.39 is 82.4 Å². The molecule has 7 N–H and O–H groups in total. The zero-order chi connectivity index (χ0) is 34.7. The maximum Gasteiger partial charge on any atom is 0.471 e. The van der Waals surface area contributed by atoms with Crippen LogP contribution in [0.5, 0.6) is 11.5 Å². The van der Waals surface area contributed by atoms with Crippen molar-refractivity contribution in [3.8, 4) is 22.6 Å². The van der Waals surface area contributed by atoms with Crippen LogP contribution in [0.1, 0.15) is 34.8 Å². The Bertz CT molecular complexity index is 1780. The summed E-state index contributed by atoms with van der Waals surface area (Å²) >= 11 is 0. The number of aromatic hydroxyl groups is 1. The van der Waals surface area contributed by atoms with Crippen molar-refractivity contribution in [3.05, 3.63) is 69.7 Å². The number of likely N-dealkylation sites (N-methyl/N-ethyl adjacent to an activating group) is 1. The van der Waals surface area contributed by atoms with Crippen LogP contribution in [-0.4, -0.2) is 87.2 Å². The molecule has 4 atom stereocenters. The van der Waals surface area contributed by atoms with Gasteiger partial charge in [0.15, 0.2) is 11.4 Å². The van der Waals surface area contributed by atoms with E-state index in [9.17, 15) is 52.8 Å². The number of nitrogens with zero attached hydrogens (tertiary/aromatic N) is 1. The van der Waals surface area contributed by atoms with Crippen molar-refractivity contribution >= 4 is 23.4 Å². The molecule has 1 unspecified atom stereocenters. The van der Waals surface area contributed by atoms with Crippen LogP contribution in [0.4, 0.5) is 13.2 Å². The molecular formula is C32H32F3N3O9. The molecule has 5 rings (SSSR count). The molecule has 0 saturated heterocycles. The quantitative estimate of drug-likeness (QED) is 0.240. The van der Waals surface area contributed by atoms with Crippen LogP contribution in [0.3, 0.4) is 0 Å². The molecule has 47 heavy (non-hydrogen) atoms. The second-order valence-electron chi connectivity index (χ2n) is 11.9. The number of amides is 2. The van der Waals surface area contributed by atoms with Gasteiger partial charge in [-0.05, 0) is 74.7 Å². The number of ether oxygens (including phenoxy) is 1. The molecule has 0 aromatic heterocycles. The summed E-state index contributed by atoms with van der Waals surface area (Å²) in [5.74, 6) is -9.74. The molecular weight excluding hydrogens is 627 g/mol. The lowest BCUT2D eigenvalue weighted by atomic mass is 9.58. The zero-order valence-electron chi connectivity index (χ0n) is 25.4. The number of primary amides is 1. The predicted octanol–water partition coefficient (Wildman–Crippen LogP) is 2.36. The van der Waals surface area contributed by atoms with Crippen LogP contribution in [0.2, 0.25) is 0 Å². The Balaban J connectivity index is 1.63. The van der Waals surface area contributed by atoms with E-state index in [1.165, 1.54) is 43.3 Å². The Morgan fingerprint density at radius 2 is 1.81 bits per heavy atom. The van der Waals surface area contributed by atoms with E-state index in [4.69, 9.17) is 10.5 Å². The van der Waals surface area contributed by atoms with Gasteiger partial charge < -0.3 is 36.2 Å². The number of fused-ring (bicyclic) bond motifs is 3. The number of halogens is 3. The molecule has 250 valence electrons. The van der Waals surface area contributed by atoms with E-state index in [0.29, 0.717) is 16.7 Å². The highest BCUT2D eigenvalue weighted by molar-refractivity contribution is 6.25. The van der Waals surface area contributed by atoms with Crippen molar-refractivity contribution < 1.29 is 57.5 Å². The first kappa shape index (κ1) is 33.5. The van der Waals surface area contributed by atoms with E-state index in [1.807, 2.05) is 5.32 Å². The number of allylic oxidation sites excluding steroid dienone is 1. The summed E-state index contributed by atoms with van der Waals surface area (Å²) in [4.78, 5) is 52.6. The number of nitrogens with two attached hydrogens (primary N) is 1. The number of hydrogen-bond donors (Lipinski definition) is 6. The van der Waals surface area contributed by atoms with Crippen LogP contribution in [0, 0.1) is 11.8 Å². The molecule has 3 aliphatic rings. The molecule has 0 spiro atoms. The Kier molecular flexibility index (Phi) is 8.35. The van der Waals surface area contributed by atoms with Crippen molar-refractivity contribution in [3.63, 3.8) is 0 Å². The van der Waals surface area contributed by atoms with Crippen molar-refractivity contribution in [2.45, 2.75) is 44.1 Å². The molecule has 0 radical (unpaired) electrons. The van der Waals surface area contributed by atoms with Gasteiger partial charge in [0.25, 0.3) is 5.91 Å². The summed E-state index contributed by atoms with van der Waals surface area (Å²) in [5, 5.41) is 46.8. The molecule has 2 aromatic carbocycles. The summed E-state index contributed by atoms with van der Waals surface area (Å²) < 4.78 is 44.1. The molecule has 0 saturated carbocycles. The van der Waals surface area contributed by atoms with Gasteiger partial charge in [0.1, 0.15) is 28.6 Å². The van der Waals surface area contributed by atoms with Crippen LogP contribution < -0.4 is 15.8 Å². The summed E-state index contributed by atoms with van der Waals surface area (Å²) in [7, 11) is 3.04. The number of benzene rings is 2. The Hall–Kier alpha value is -4.89. The van der Waals surface area contributed by atoms with Gasteiger partial charge >= 0.3 is 12.1 Å². The third-order valence-corrected chi connectivity index (χ3v) is 8.97. The van der Waals surface area contributed by atoms with Crippen molar-refractivity contribution in [2.75, 3.05) is 20.7 Å². The van der Waals surface area contributed by atoms with Gasteiger partial charge in [-0.25, -0.2) is 0 Å². The lowest BCUT2D eigenvalue weighted by molar-refractivity contribution is -0.173. The van der Waals surface area contributed by atoms with Crippen LogP contribution in [-0.2, 0) is 27.3 Å². The number of phenols is 1. The Morgan fingerprint density at radius 1 is 1.13 bits per heavy atom. The fourth-order valence-corrected chi connectivity index (χ4v) is 6.98. The number of carbonyl (C=O) groups is 4. The number of nitrogens with one attached hydrogen (secondary N) is 1. The van der Waals surface area contributed by atoms with Gasteiger partial charge in [0, 0.05) is 23.6 Å². The van der Waals surface area contributed by atoms with Gasteiger partial charge in [-0.2, -0.15) is 13.2 Å². The van der Waals surface area contributed by atoms with Gasteiger partial charge in [0.05, 0.1) is 18.2 Å². The first-order chi connectivity index (χ1) is 21.9. The van der Waals surface area contributed by atoms with E-state index in [1.54, 1.807) is 13.0 Å². The van der Waals surface area contributed by atoms with Gasteiger partial charge in [-0.3, -0.25) is 24.1 Å². The highest BCUT2D eigenvalue weighted by atomic mass is 19.4. The van der Waals surface area contributed by atoms with Gasteiger partial charge in [0.2, 0.25) is 5.78 Å². The number of hydrogen-bond acceptors (Lipinski definition) is 10. The van der Waals surface area contributed by atoms with E-state index in [-0.39, 0.29) is 41.9 Å². The Labute approximate surface area is 265 Å². The second kappa shape index (κ2) is 11.7. The molecule has 2 aromatic rings. The number of Topliss-reactive ketones (excluding diaryl/α,β-unsaturated/α-hetero) is 2. The minimum Gasteiger partial charge on any atom is -0.510 e. The summed E-state index contributed by atoms with van der Waals surface area (Å²) in [5.41, 5.74) is 2.42. The predicted molar refractivity (Wildman–Crippen MR) is 158 cm³/mol. The minimum atomic E-state index is -5.11. The minimum absolute atomic E-state index is 0.00831. The standard InChI is InChI=1S/C32H32F3N3O9/c1-4-47-20-8-5-13(9-15(20)12-37-30(45)32(33,34)35)16-6-7-19(39)22-17(16)10-14-11-18-24(38(2)3)26(41)23(29(36)44)28(43)31(18,46)27(42)21(14)25(22)40/h5-9,14,18,24,39,41-42,46H,4,10-12H2,1-3H3,(H2,36,44)(H,37,45)/t14-,18-,24?,31+/m1/s1. The molecule has 0 aliphatic heterocycles. The fraction of sp³-hybridized carbons (Fsp3) is 0.375. The number of alkyl halides is 3. The van der Waals surface area contributed by atoms with Crippen LogP contribution in [0.15, 0.2) is 53.0 Å². The summed E-state index contributed by atoms with van der Waals surface area (Å²) in [6.07, 6.45) is -5.24. The maximum absolute atomic E-state index is 14.0. The highest BCUT2D eigenvalue weighted by Gasteiger charge is 2.63. The van der Waals surface area contributed by atoms with Crippen LogP contribution in [0.25, 0.3) is 11.1 Å². The molecule has 15 heteroatoms. The molecule has 12 nitrogen and oxygen atoms in total. The van der Waals surface area contributed by atoms with E-state index in [2.05, 4.69) is 0 Å². The molecule has 0 heterocycles. The highest BCUT2D eigenvalue weighted by Crippen LogP contribution is 2.53. The van der Waals surface area contributed by atoms with E-state index >= 15 is 0 Å². The number of phenolic OH excluding ortho intramolecular Hbond substituents is 1. The maximum atomic E-state index is 14.0. The molecule has 3 aliphatic carbocycles. The molecule has 0 bridgehead atoms. The summed E-state index contributed by atoms with van der Waals surface area (Å²) in [6.45, 7) is 1.32. The smallest absolute Gasteiger partial charge is 0.471 e. The average molecular weight is 660 g/mol. The van der Waals surface area contributed by atoms with Gasteiger partial charge in [-0.15, -0.1) is 0 Å². The van der Waals surface area contributed by atoms with Gasteiger partial charge in [-0.1, -0.05) is 12.1 Å². The normalized spacial score (nSPS) is 24.1. The number of ketones is 2. The zero-order valence-corrected chi connectivity index (χ0v) is 25.4. The lowest BCUT2D eigenvalue weighted by Crippen LogP contribution is -2.63. The first-order valence-corrected chi connectivity index (χ1v) is 14.6. The van der Waals surface area contributed by atoms with Crippen molar-refractivity contribution in [1.29, 1.82) is 0 Å². The number of carbonyl (C=O) groups excluding carboxylic acids is 4. The number of rotatable bonds is 7. The Morgan fingerprint density at radius 3 is 2.40 bits per heavy atom. The third kappa shape index (κ3) is 5.28. The third-order valence-electron chi connectivity index (χ3n) is 8.97. The SMILES string of the molecule is CCOc1ccc(-c2ccc(O)c3c2C[C@@H]2C[C@@H]4C(N(C)C)C(O)=C(C(N)=O)C(=O)[C@@]4(O)C(O)=C2C3=O)cc1CNC(=O)C(F)(F)F. The van der Waals surface area contributed by atoms with Crippen molar-refractivity contribution in [2.24, 2.45) is 17.6 Å².